The molecule has 132 valence electrons. The molecule has 0 spiro atoms. The average molecular weight is 348 g/mol. The van der Waals surface area contributed by atoms with Crippen molar-refractivity contribution >= 4 is 11.8 Å². The maximum absolute atomic E-state index is 13.8. The van der Waals surface area contributed by atoms with E-state index in [1.54, 1.807) is 20.8 Å². The van der Waals surface area contributed by atoms with Crippen LogP contribution in [-0.4, -0.2) is 18.2 Å². The molecule has 1 amide bonds. The molecule has 24 heavy (non-hydrogen) atoms. The smallest absolute Gasteiger partial charge is 0.419 e. The maximum atomic E-state index is 13.8. The van der Waals surface area contributed by atoms with Crippen molar-refractivity contribution in [2.24, 2.45) is 5.18 Å². The van der Waals surface area contributed by atoms with E-state index in [2.05, 4.69) is 5.18 Å². The van der Waals surface area contributed by atoms with Crippen molar-refractivity contribution in [3.63, 3.8) is 0 Å². The lowest BCUT2D eigenvalue weighted by atomic mass is 9.91. The molecular weight excluding hydrogens is 332 g/mol. The van der Waals surface area contributed by atoms with Crippen LogP contribution < -0.4 is 4.90 Å². The monoisotopic (exact) mass is 348 g/mol. The zero-order valence-electron chi connectivity index (χ0n) is 13.2. The second-order valence-corrected chi connectivity index (χ2v) is 5.90. The minimum absolute atomic E-state index is 0.0608. The van der Waals surface area contributed by atoms with Crippen molar-refractivity contribution in [2.45, 2.75) is 51.6 Å². The predicted molar refractivity (Wildman–Crippen MR) is 78.1 cm³/mol. The Labute approximate surface area is 135 Å². The minimum Gasteiger partial charge on any atom is -0.446 e. The van der Waals surface area contributed by atoms with E-state index in [0.29, 0.717) is 12.1 Å². The number of hydrogen-bond donors (Lipinski definition) is 0. The van der Waals surface area contributed by atoms with Crippen molar-refractivity contribution in [3.8, 4) is 0 Å². The summed E-state index contributed by atoms with van der Waals surface area (Å²) in [7, 11) is 0. The first-order valence-electron chi connectivity index (χ1n) is 7.29. The number of alkyl halides is 3. The third-order valence-electron chi connectivity index (χ3n) is 3.71. The Balaban J connectivity index is 2.62. The zero-order valence-corrected chi connectivity index (χ0v) is 13.2. The summed E-state index contributed by atoms with van der Waals surface area (Å²) in [5.74, 6) is -1.51. The van der Waals surface area contributed by atoms with Crippen LogP contribution in [0.4, 0.5) is 28.0 Å². The molecule has 0 bridgehead atoms. The van der Waals surface area contributed by atoms with E-state index in [0.717, 1.165) is 4.90 Å². The Hall–Kier alpha value is -2.19. The quantitative estimate of drug-likeness (QED) is 0.570. The molecule has 0 saturated heterocycles. The van der Waals surface area contributed by atoms with Crippen molar-refractivity contribution in [1.29, 1.82) is 0 Å². The highest BCUT2D eigenvalue weighted by Crippen LogP contribution is 2.43. The molecule has 1 aromatic rings. The summed E-state index contributed by atoms with van der Waals surface area (Å²) in [5.41, 5.74) is -1.78. The van der Waals surface area contributed by atoms with Gasteiger partial charge in [0.25, 0.3) is 0 Å². The molecule has 2 unspecified atom stereocenters. The van der Waals surface area contributed by atoms with Gasteiger partial charge in [0.1, 0.15) is 11.9 Å². The highest BCUT2D eigenvalue weighted by atomic mass is 19.4. The number of nitrogens with zero attached hydrogens (tertiary/aromatic N) is 2. The minimum atomic E-state index is -4.93. The molecule has 0 N–H and O–H groups in total. The molecular formula is C15H16F4N2O3. The summed E-state index contributed by atoms with van der Waals surface area (Å²) < 4.78 is 57.8. The molecule has 2 atom stereocenters. The summed E-state index contributed by atoms with van der Waals surface area (Å²) in [4.78, 5) is 24.2. The second kappa shape index (κ2) is 6.37. The second-order valence-electron chi connectivity index (χ2n) is 5.90. The van der Waals surface area contributed by atoms with Gasteiger partial charge in [-0.2, -0.15) is 18.1 Å². The van der Waals surface area contributed by atoms with Gasteiger partial charge in [-0.15, -0.1) is 0 Å². The van der Waals surface area contributed by atoms with Gasteiger partial charge >= 0.3 is 12.3 Å². The average Bonchev–Trinajstić information content (AvgIpc) is 2.44. The Kier molecular flexibility index (Phi) is 4.82. The van der Waals surface area contributed by atoms with Gasteiger partial charge < -0.3 is 4.74 Å². The number of amides is 1. The van der Waals surface area contributed by atoms with Gasteiger partial charge in [-0.25, -0.2) is 9.18 Å². The third kappa shape index (κ3) is 3.34. The Morgan fingerprint density at radius 1 is 1.38 bits per heavy atom. The van der Waals surface area contributed by atoms with Crippen molar-refractivity contribution < 1.29 is 27.1 Å². The summed E-state index contributed by atoms with van der Waals surface area (Å²) in [5, 5.41) is 2.85. The fourth-order valence-corrected chi connectivity index (χ4v) is 2.70. The molecule has 5 nitrogen and oxygen atoms in total. The first kappa shape index (κ1) is 18.2. The number of halogens is 4. The summed E-state index contributed by atoms with van der Waals surface area (Å²) in [6, 6.07) is -0.515. The standard InChI is InChI=1S/C15H16F4N2O3/c1-7(2)24-14(22)21-8(3)4-12(20-23)9-5-11(16)10(6-13(9)21)15(17,18)19/h5-8,12H,4H2,1-3H3. The van der Waals surface area contributed by atoms with Crippen molar-refractivity contribution in [2.75, 3.05) is 4.90 Å². The van der Waals surface area contributed by atoms with Crippen LogP contribution in [0.5, 0.6) is 0 Å². The number of rotatable bonds is 2. The van der Waals surface area contributed by atoms with Crippen LogP contribution in [0.3, 0.4) is 0 Å². The largest absolute Gasteiger partial charge is 0.446 e. The Morgan fingerprint density at radius 2 is 2.00 bits per heavy atom. The summed E-state index contributed by atoms with van der Waals surface area (Å²) in [6.45, 7) is 4.74. The van der Waals surface area contributed by atoms with Crippen molar-refractivity contribution in [3.05, 3.63) is 34.0 Å². The van der Waals surface area contributed by atoms with Crippen LogP contribution in [-0.2, 0) is 10.9 Å². The van der Waals surface area contributed by atoms with Crippen molar-refractivity contribution in [1.82, 2.24) is 0 Å². The highest BCUT2D eigenvalue weighted by Gasteiger charge is 2.41. The lowest BCUT2D eigenvalue weighted by Gasteiger charge is -2.37. The molecule has 0 radical (unpaired) electrons. The van der Waals surface area contributed by atoms with Gasteiger partial charge in [0.05, 0.1) is 17.4 Å². The van der Waals surface area contributed by atoms with Gasteiger partial charge in [-0.05, 0) is 39.3 Å². The number of carbonyl (C=O) groups is 1. The predicted octanol–water partition coefficient (Wildman–Crippen LogP) is 4.80. The molecule has 1 aliphatic rings. The Morgan fingerprint density at radius 3 is 2.50 bits per heavy atom. The molecule has 0 saturated carbocycles. The molecule has 1 aromatic carbocycles. The zero-order chi connectivity index (χ0) is 18.2. The fourth-order valence-electron chi connectivity index (χ4n) is 2.70. The first-order chi connectivity index (χ1) is 11.1. The summed E-state index contributed by atoms with van der Waals surface area (Å²) >= 11 is 0. The number of anilines is 1. The van der Waals surface area contributed by atoms with E-state index >= 15 is 0 Å². The molecule has 2 rings (SSSR count). The number of benzene rings is 1. The van der Waals surface area contributed by atoms with Gasteiger partial charge in [0, 0.05) is 11.6 Å². The maximum Gasteiger partial charge on any atom is 0.419 e. The van der Waals surface area contributed by atoms with E-state index in [-0.39, 0.29) is 17.7 Å². The number of hydrogen-bond acceptors (Lipinski definition) is 4. The van der Waals surface area contributed by atoms with Crippen LogP contribution >= 0.6 is 0 Å². The van der Waals surface area contributed by atoms with Crippen LogP contribution in [0.15, 0.2) is 17.3 Å². The molecule has 0 aliphatic carbocycles. The molecule has 0 fully saturated rings. The topological polar surface area (TPSA) is 59.0 Å². The lowest BCUT2D eigenvalue weighted by Crippen LogP contribution is -2.44. The SMILES string of the molecule is CC(C)OC(=O)N1c2cc(C(F)(F)F)c(F)cc2C(N=O)CC1C. The normalized spacial score (nSPS) is 20.8. The van der Waals surface area contributed by atoms with E-state index in [1.165, 1.54) is 0 Å². The third-order valence-corrected chi connectivity index (χ3v) is 3.71. The first-order valence-corrected chi connectivity index (χ1v) is 7.29. The number of nitroso groups, excluding NO2 is 1. The summed E-state index contributed by atoms with van der Waals surface area (Å²) in [6.07, 6.45) is -6.22. The number of ether oxygens (including phenoxy) is 1. The van der Waals surface area contributed by atoms with E-state index in [9.17, 15) is 27.3 Å². The van der Waals surface area contributed by atoms with Crippen LogP contribution in [0.2, 0.25) is 0 Å². The molecule has 0 aromatic heterocycles. The van der Waals surface area contributed by atoms with E-state index in [1.807, 2.05) is 0 Å². The van der Waals surface area contributed by atoms with Gasteiger partial charge in [0.2, 0.25) is 0 Å². The lowest BCUT2D eigenvalue weighted by molar-refractivity contribution is -0.140. The fraction of sp³-hybridized carbons (Fsp3) is 0.533. The van der Waals surface area contributed by atoms with Gasteiger partial charge in [0.15, 0.2) is 0 Å². The van der Waals surface area contributed by atoms with Crippen LogP contribution in [0.1, 0.15) is 44.4 Å². The molecule has 1 aliphatic heterocycles. The van der Waals surface area contributed by atoms with E-state index < -0.39 is 41.8 Å². The number of carbonyl (C=O) groups excluding carboxylic acids is 1. The van der Waals surface area contributed by atoms with Gasteiger partial charge in [-0.3, -0.25) is 4.90 Å². The van der Waals surface area contributed by atoms with Crippen LogP contribution in [0.25, 0.3) is 0 Å². The van der Waals surface area contributed by atoms with Crippen LogP contribution in [0, 0.1) is 10.7 Å². The highest BCUT2D eigenvalue weighted by molar-refractivity contribution is 5.90. The Bertz CT molecular complexity index is 661. The van der Waals surface area contributed by atoms with E-state index in [4.69, 9.17) is 4.74 Å². The molecule has 1 heterocycles. The number of fused-ring (bicyclic) bond motifs is 1. The van der Waals surface area contributed by atoms with Gasteiger partial charge in [-0.1, -0.05) is 5.18 Å². The molecule has 9 heteroatoms.